The van der Waals surface area contributed by atoms with Gasteiger partial charge in [-0.1, -0.05) is 23.5 Å². The van der Waals surface area contributed by atoms with E-state index in [9.17, 15) is 18.0 Å². The van der Waals surface area contributed by atoms with Gasteiger partial charge < -0.3 is 4.74 Å². The number of amides is 2. The number of thiazole rings is 1. The number of para-hydroxylation sites is 1. The van der Waals surface area contributed by atoms with Gasteiger partial charge in [0.05, 0.1) is 40.4 Å². The summed E-state index contributed by atoms with van der Waals surface area (Å²) >= 11 is 1.43. The van der Waals surface area contributed by atoms with E-state index in [1.54, 1.807) is 4.90 Å². The molecule has 2 amide bonds. The molecule has 0 unspecified atom stereocenters. The minimum absolute atomic E-state index is 0.0388. The number of hydrogen-bond acceptors (Lipinski definition) is 8. The van der Waals surface area contributed by atoms with Crippen LogP contribution in [-0.2, 0) is 24.2 Å². The Morgan fingerprint density at radius 1 is 1.25 bits per heavy atom. The first-order chi connectivity index (χ1) is 15.4. The normalized spacial score (nSPS) is 25.3. The molecule has 0 bridgehead atoms. The number of fused-ring (bicyclic) bond motifs is 1. The number of nitrogens with zero attached hydrogens (tertiary/aromatic N) is 4. The minimum Gasteiger partial charge on any atom is -0.376 e. The van der Waals surface area contributed by atoms with Crippen LogP contribution >= 0.6 is 11.3 Å². The van der Waals surface area contributed by atoms with Crippen LogP contribution in [0.15, 0.2) is 29.4 Å². The van der Waals surface area contributed by atoms with Gasteiger partial charge >= 0.3 is 0 Å². The summed E-state index contributed by atoms with van der Waals surface area (Å²) in [5, 5.41) is 6.16. The average Bonchev–Trinajstić information content (AvgIpc) is 3.51. The Morgan fingerprint density at radius 2 is 2.09 bits per heavy atom. The van der Waals surface area contributed by atoms with Crippen LogP contribution in [-0.4, -0.2) is 72.7 Å². The summed E-state index contributed by atoms with van der Waals surface area (Å²) in [7, 11) is -3.18. The Balaban J connectivity index is 1.45. The first kappa shape index (κ1) is 21.5. The van der Waals surface area contributed by atoms with Gasteiger partial charge in [-0.2, -0.15) is 5.10 Å². The lowest BCUT2D eigenvalue weighted by molar-refractivity contribution is -0.133. The van der Waals surface area contributed by atoms with Gasteiger partial charge in [0, 0.05) is 19.4 Å². The number of carbonyl (C=O) groups excluding carboxylic acids is 2. The fraction of sp³-hybridized carbons (Fsp3) is 0.524. The van der Waals surface area contributed by atoms with E-state index in [1.165, 1.54) is 16.3 Å². The van der Waals surface area contributed by atoms with Crippen LogP contribution < -0.4 is 4.90 Å². The first-order valence-electron chi connectivity index (χ1n) is 10.8. The molecule has 5 rings (SSSR count). The zero-order valence-electron chi connectivity index (χ0n) is 17.5. The Morgan fingerprint density at radius 3 is 2.81 bits per heavy atom. The molecule has 0 N–H and O–H groups in total. The zero-order valence-corrected chi connectivity index (χ0v) is 19.1. The molecule has 1 aromatic heterocycles. The predicted molar refractivity (Wildman–Crippen MR) is 122 cm³/mol. The zero-order chi connectivity index (χ0) is 22.3. The third kappa shape index (κ3) is 4.28. The van der Waals surface area contributed by atoms with Gasteiger partial charge in [0.15, 0.2) is 15.0 Å². The second kappa shape index (κ2) is 8.53. The number of carbonyl (C=O) groups is 2. The van der Waals surface area contributed by atoms with Crippen molar-refractivity contribution in [3.8, 4) is 0 Å². The molecule has 2 aromatic rings. The smallest absolute Gasteiger partial charge is 0.276 e. The number of rotatable bonds is 5. The summed E-state index contributed by atoms with van der Waals surface area (Å²) in [5.74, 6) is -0.620. The second-order valence-corrected chi connectivity index (χ2v) is 11.6. The average molecular weight is 477 g/mol. The van der Waals surface area contributed by atoms with Gasteiger partial charge in [-0.15, -0.1) is 0 Å². The largest absolute Gasteiger partial charge is 0.376 e. The molecule has 0 saturated carbocycles. The third-order valence-corrected chi connectivity index (χ3v) is 8.84. The lowest BCUT2D eigenvalue weighted by Gasteiger charge is -2.30. The standard InChI is InChI=1S/C21H24N4O5S2/c26-19-8-7-17(23-25(19)14-9-11-32(28,29)13-14)20(27)24(12-15-4-3-10-30-15)21-22-16-5-1-2-6-18(16)31-21/h1-2,5-6,14-15H,3-4,7-13H2/t14-,15+/m0/s1. The molecule has 3 aliphatic rings. The molecule has 1 aromatic carbocycles. The molecule has 3 aliphatic heterocycles. The van der Waals surface area contributed by atoms with Crippen LogP contribution in [0.25, 0.3) is 10.2 Å². The third-order valence-electron chi connectivity index (χ3n) is 6.03. The highest BCUT2D eigenvalue weighted by Crippen LogP contribution is 2.31. The fourth-order valence-electron chi connectivity index (χ4n) is 4.35. The maximum absolute atomic E-state index is 13.6. The molecule has 9 nitrogen and oxygen atoms in total. The SMILES string of the molecule is O=C(C1=NN([C@H]2CCS(=O)(=O)C2)C(=O)CC1)N(C[C@H]1CCCO1)c1nc2ccccc2s1. The molecule has 11 heteroatoms. The number of ether oxygens (including phenoxy) is 1. The highest BCUT2D eigenvalue weighted by molar-refractivity contribution is 7.91. The van der Waals surface area contributed by atoms with E-state index in [0.29, 0.717) is 24.7 Å². The molecule has 32 heavy (non-hydrogen) atoms. The topological polar surface area (TPSA) is 109 Å². The van der Waals surface area contributed by atoms with Crippen LogP contribution in [0.1, 0.15) is 32.1 Å². The maximum atomic E-state index is 13.6. The van der Waals surface area contributed by atoms with Gasteiger partial charge in [-0.05, 0) is 31.4 Å². The van der Waals surface area contributed by atoms with E-state index >= 15 is 0 Å². The summed E-state index contributed by atoms with van der Waals surface area (Å²) in [6, 6.07) is 7.20. The molecule has 2 atom stereocenters. The van der Waals surface area contributed by atoms with Crippen molar-refractivity contribution in [1.29, 1.82) is 0 Å². The van der Waals surface area contributed by atoms with Crippen molar-refractivity contribution < 1.29 is 22.7 Å². The second-order valence-electron chi connectivity index (χ2n) is 8.36. The number of anilines is 1. The van der Waals surface area contributed by atoms with E-state index in [4.69, 9.17) is 4.74 Å². The number of hydrogen-bond donors (Lipinski definition) is 0. The van der Waals surface area contributed by atoms with Gasteiger partial charge in [0.2, 0.25) is 5.91 Å². The van der Waals surface area contributed by atoms with Crippen molar-refractivity contribution in [3.05, 3.63) is 24.3 Å². The van der Waals surface area contributed by atoms with Crippen LogP contribution in [0.2, 0.25) is 0 Å². The number of aromatic nitrogens is 1. The Bertz CT molecular complexity index is 1150. The number of sulfone groups is 1. The number of hydrazone groups is 1. The van der Waals surface area contributed by atoms with Crippen LogP contribution in [0, 0.1) is 0 Å². The molecule has 2 saturated heterocycles. The van der Waals surface area contributed by atoms with E-state index in [1.807, 2.05) is 24.3 Å². The summed E-state index contributed by atoms with van der Waals surface area (Å²) in [6.45, 7) is 1.04. The van der Waals surface area contributed by atoms with Crippen molar-refractivity contribution in [2.75, 3.05) is 29.6 Å². The van der Waals surface area contributed by atoms with Crippen molar-refractivity contribution in [3.63, 3.8) is 0 Å². The summed E-state index contributed by atoms with van der Waals surface area (Å²) in [5.41, 5.74) is 1.07. The Labute approximate surface area is 190 Å². The molecular weight excluding hydrogens is 452 g/mol. The van der Waals surface area contributed by atoms with Crippen LogP contribution in [0.4, 0.5) is 5.13 Å². The lowest BCUT2D eigenvalue weighted by atomic mass is 10.1. The molecule has 0 radical (unpaired) electrons. The highest BCUT2D eigenvalue weighted by Gasteiger charge is 2.38. The van der Waals surface area contributed by atoms with E-state index < -0.39 is 15.9 Å². The molecular formula is C21H24N4O5S2. The quantitative estimate of drug-likeness (QED) is 0.653. The maximum Gasteiger partial charge on any atom is 0.276 e. The van der Waals surface area contributed by atoms with Gasteiger partial charge in [-0.25, -0.2) is 18.4 Å². The molecule has 4 heterocycles. The summed E-state index contributed by atoms with van der Waals surface area (Å²) in [4.78, 5) is 32.3. The van der Waals surface area contributed by atoms with Crippen molar-refractivity contribution >= 4 is 54.0 Å². The predicted octanol–water partition coefficient (Wildman–Crippen LogP) is 1.97. The Hall–Kier alpha value is -2.37. The van der Waals surface area contributed by atoms with Gasteiger partial charge in [0.1, 0.15) is 5.71 Å². The van der Waals surface area contributed by atoms with Gasteiger partial charge in [0.25, 0.3) is 5.91 Å². The van der Waals surface area contributed by atoms with Crippen molar-refractivity contribution in [1.82, 2.24) is 9.99 Å². The highest BCUT2D eigenvalue weighted by atomic mass is 32.2. The van der Waals surface area contributed by atoms with E-state index in [2.05, 4.69) is 10.1 Å². The van der Waals surface area contributed by atoms with Gasteiger partial charge in [-0.3, -0.25) is 14.5 Å². The minimum atomic E-state index is -3.18. The summed E-state index contributed by atoms with van der Waals surface area (Å²) < 4.78 is 30.5. The first-order valence-corrected chi connectivity index (χ1v) is 13.4. The molecule has 170 valence electrons. The molecule has 0 spiro atoms. The van der Waals surface area contributed by atoms with Crippen molar-refractivity contribution in [2.24, 2.45) is 5.10 Å². The molecule has 2 fully saturated rings. The monoisotopic (exact) mass is 476 g/mol. The summed E-state index contributed by atoms with van der Waals surface area (Å²) in [6.07, 6.45) is 2.44. The molecule has 0 aliphatic carbocycles. The van der Waals surface area contributed by atoms with Crippen molar-refractivity contribution in [2.45, 2.75) is 44.2 Å². The van der Waals surface area contributed by atoms with E-state index in [0.717, 1.165) is 23.1 Å². The fourth-order valence-corrected chi connectivity index (χ4v) is 7.02. The lowest BCUT2D eigenvalue weighted by Crippen LogP contribution is -2.46. The Kier molecular flexibility index (Phi) is 5.72. The van der Waals surface area contributed by atoms with Crippen LogP contribution in [0.3, 0.4) is 0 Å². The number of benzene rings is 1. The van der Waals surface area contributed by atoms with Crippen LogP contribution in [0.5, 0.6) is 0 Å². The van der Waals surface area contributed by atoms with E-state index in [-0.39, 0.29) is 48.0 Å².